The Bertz CT molecular complexity index is 271. The topological polar surface area (TPSA) is 29.1 Å². The van der Waals surface area contributed by atoms with E-state index in [1.165, 1.54) is 12.8 Å². The lowest BCUT2D eigenvalue weighted by molar-refractivity contribution is -0.121. The van der Waals surface area contributed by atoms with E-state index < -0.39 is 0 Å². The molecule has 1 amide bonds. The van der Waals surface area contributed by atoms with Crippen LogP contribution in [0.3, 0.4) is 0 Å². The fourth-order valence-electron chi connectivity index (χ4n) is 2.99. The Morgan fingerprint density at radius 1 is 1.57 bits per heavy atom. The van der Waals surface area contributed by atoms with Crippen molar-refractivity contribution in [2.75, 3.05) is 0 Å². The highest BCUT2D eigenvalue weighted by Crippen LogP contribution is 2.42. The van der Waals surface area contributed by atoms with E-state index in [1.54, 1.807) is 6.92 Å². The predicted octanol–water partition coefficient (Wildman–Crippen LogP) is 2.26. The van der Waals surface area contributed by atoms with Gasteiger partial charge in [-0.05, 0) is 44.4 Å². The van der Waals surface area contributed by atoms with E-state index in [9.17, 15) is 4.79 Å². The van der Waals surface area contributed by atoms with Crippen molar-refractivity contribution in [3.05, 3.63) is 12.2 Å². The number of hydrogen-bond donors (Lipinski definition) is 1. The van der Waals surface area contributed by atoms with Gasteiger partial charge in [0.15, 0.2) is 0 Å². The van der Waals surface area contributed by atoms with Crippen molar-refractivity contribution in [2.24, 2.45) is 11.8 Å². The lowest BCUT2D eigenvalue weighted by atomic mass is 9.72. The third-order valence-corrected chi connectivity index (χ3v) is 3.66. The zero-order valence-corrected chi connectivity index (χ0v) is 9.05. The first-order valence-corrected chi connectivity index (χ1v) is 5.54. The molecule has 0 saturated heterocycles. The Morgan fingerprint density at radius 2 is 2.36 bits per heavy atom. The number of allylic oxidation sites excluding steroid dienone is 2. The lowest BCUT2D eigenvalue weighted by Crippen LogP contribution is -2.49. The minimum Gasteiger partial charge on any atom is -0.351 e. The van der Waals surface area contributed by atoms with Gasteiger partial charge >= 0.3 is 0 Å². The van der Waals surface area contributed by atoms with E-state index in [1.807, 2.05) is 0 Å². The monoisotopic (exact) mass is 193 g/mol. The summed E-state index contributed by atoms with van der Waals surface area (Å²) in [5, 5.41) is 3.10. The van der Waals surface area contributed by atoms with Crippen molar-refractivity contribution in [2.45, 2.75) is 45.1 Å². The molecule has 2 rings (SSSR count). The molecule has 78 valence electrons. The number of fused-ring (bicyclic) bond motifs is 1. The molecule has 1 N–H and O–H groups in total. The molecule has 3 atom stereocenters. The number of amides is 1. The second kappa shape index (κ2) is 3.41. The molecule has 0 aromatic heterocycles. The number of carbonyl (C=O) groups excluding carboxylic acids is 1. The Labute approximate surface area is 85.8 Å². The quantitative estimate of drug-likeness (QED) is 0.636. The van der Waals surface area contributed by atoms with Crippen LogP contribution in [0.25, 0.3) is 0 Å². The maximum Gasteiger partial charge on any atom is 0.217 e. The molecule has 2 nitrogen and oxygen atoms in total. The molecule has 0 heterocycles. The van der Waals surface area contributed by atoms with E-state index in [0.717, 1.165) is 18.8 Å². The van der Waals surface area contributed by atoms with E-state index in [-0.39, 0.29) is 11.4 Å². The first kappa shape index (κ1) is 9.75. The van der Waals surface area contributed by atoms with Crippen molar-refractivity contribution >= 4 is 5.91 Å². The van der Waals surface area contributed by atoms with E-state index in [0.29, 0.717) is 5.92 Å². The lowest BCUT2D eigenvalue weighted by Gasteiger charge is -2.40. The molecule has 0 aromatic carbocycles. The highest BCUT2D eigenvalue weighted by Gasteiger charge is 2.38. The predicted molar refractivity (Wildman–Crippen MR) is 56.8 cm³/mol. The van der Waals surface area contributed by atoms with Gasteiger partial charge in [-0.1, -0.05) is 12.2 Å². The van der Waals surface area contributed by atoms with Crippen molar-refractivity contribution in [3.8, 4) is 0 Å². The van der Waals surface area contributed by atoms with Crippen LogP contribution >= 0.6 is 0 Å². The van der Waals surface area contributed by atoms with Crippen molar-refractivity contribution in [1.82, 2.24) is 5.32 Å². The summed E-state index contributed by atoms with van der Waals surface area (Å²) in [5.41, 5.74) is 0.0433. The highest BCUT2D eigenvalue weighted by atomic mass is 16.1. The molecule has 0 radical (unpaired) electrons. The molecule has 0 bridgehead atoms. The van der Waals surface area contributed by atoms with E-state index in [4.69, 9.17) is 0 Å². The third kappa shape index (κ3) is 1.84. The van der Waals surface area contributed by atoms with Gasteiger partial charge < -0.3 is 5.32 Å². The zero-order valence-electron chi connectivity index (χ0n) is 9.05. The number of rotatable bonds is 1. The molecular weight excluding hydrogens is 174 g/mol. The summed E-state index contributed by atoms with van der Waals surface area (Å²) in [7, 11) is 0. The molecule has 14 heavy (non-hydrogen) atoms. The minimum atomic E-state index is 0.0433. The fourth-order valence-corrected chi connectivity index (χ4v) is 2.99. The van der Waals surface area contributed by atoms with Crippen LogP contribution in [0, 0.1) is 11.8 Å². The highest BCUT2D eigenvalue weighted by molar-refractivity contribution is 5.73. The molecule has 0 aromatic rings. The van der Waals surface area contributed by atoms with Crippen LogP contribution in [0.15, 0.2) is 12.2 Å². The minimum absolute atomic E-state index is 0.0433. The Balaban J connectivity index is 2.02. The molecule has 0 spiro atoms. The van der Waals surface area contributed by atoms with Gasteiger partial charge in [0.2, 0.25) is 5.91 Å². The van der Waals surface area contributed by atoms with E-state index >= 15 is 0 Å². The van der Waals surface area contributed by atoms with Crippen LogP contribution in [0.5, 0.6) is 0 Å². The van der Waals surface area contributed by atoms with Gasteiger partial charge in [0.1, 0.15) is 0 Å². The normalized spacial score (nSPS) is 40.7. The van der Waals surface area contributed by atoms with Crippen LogP contribution in [0.2, 0.25) is 0 Å². The summed E-state index contributed by atoms with van der Waals surface area (Å²) in [6, 6.07) is 0. The van der Waals surface area contributed by atoms with Crippen molar-refractivity contribution in [3.63, 3.8) is 0 Å². The molecular formula is C12H19NO. The number of hydrogen-bond acceptors (Lipinski definition) is 1. The molecule has 1 fully saturated rings. The summed E-state index contributed by atoms with van der Waals surface area (Å²) in [4.78, 5) is 11.1. The van der Waals surface area contributed by atoms with Gasteiger partial charge in [0.25, 0.3) is 0 Å². The van der Waals surface area contributed by atoms with Crippen LogP contribution in [-0.4, -0.2) is 11.4 Å². The van der Waals surface area contributed by atoms with Crippen molar-refractivity contribution < 1.29 is 4.79 Å². The summed E-state index contributed by atoms with van der Waals surface area (Å²) >= 11 is 0. The zero-order chi connectivity index (χ0) is 10.2. The summed E-state index contributed by atoms with van der Waals surface area (Å²) in [5.74, 6) is 1.67. The van der Waals surface area contributed by atoms with Gasteiger partial charge in [0.05, 0.1) is 0 Å². The SMILES string of the molecule is CC(=O)N[C@]1(C)CC[C@H]2CC=C[C@H]2C1. The fraction of sp³-hybridized carbons (Fsp3) is 0.750. The third-order valence-electron chi connectivity index (χ3n) is 3.66. The Kier molecular flexibility index (Phi) is 2.38. The molecule has 0 unspecified atom stereocenters. The smallest absolute Gasteiger partial charge is 0.217 e. The van der Waals surface area contributed by atoms with Gasteiger partial charge in [-0.3, -0.25) is 4.79 Å². The first-order valence-electron chi connectivity index (χ1n) is 5.54. The number of nitrogens with one attached hydrogen (secondary N) is 1. The number of carbonyl (C=O) groups is 1. The average molecular weight is 193 g/mol. The summed E-state index contributed by atoms with van der Waals surface area (Å²) in [6.07, 6.45) is 9.40. The Morgan fingerprint density at radius 3 is 3.07 bits per heavy atom. The van der Waals surface area contributed by atoms with Gasteiger partial charge in [-0.2, -0.15) is 0 Å². The molecule has 1 saturated carbocycles. The summed E-state index contributed by atoms with van der Waals surface area (Å²) < 4.78 is 0. The van der Waals surface area contributed by atoms with Crippen LogP contribution in [0.1, 0.15) is 39.5 Å². The second-order valence-electron chi connectivity index (χ2n) is 5.07. The maximum absolute atomic E-state index is 11.1. The summed E-state index contributed by atoms with van der Waals surface area (Å²) in [6.45, 7) is 3.79. The van der Waals surface area contributed by atoms with Crippen LogP contribution < -0.4 is 5.32 Å². The molecule has 2 aliphatic rings. The van der Waals surface area contributed by atoms with Gasteiger partial charge in [-0.15, -0.1) is 0 Å². The van der Waals surface area contributed by atoms with E-state index in [2.05, 4.69) is 24.4 Å². The molecule has 2 aliphatic carbocycles. The van der Waals surface area contributed by atoms with Crippen molar-refractivity contribution in [1.29, 1.82) is 0 Å². The van der Waals surface area contributed by atoms with Crippen LogP contribution in [0.4, 0.5) is 0 Å². The Hall–Kier alpha value is -0.790. The molecule has 2 heteroatoms. The van der Waals surface area contributed by atoms with Gasteiger partial charge in [0, 0.05) is 12.5 Å². The largest absolute Gasteiger partial charge is 0.351 e. The first-order chi connectivity index (χ1) is 6.59. The second-order valence-corrected chi connectivity index (χ2v) is 5.07. The maximum atomic E-state index is 11.1. The van der Waals surface area contributed by atoms with Crippen LogP contribution in [-0.2, 0) is 4.79 Å². The molecule has 0 aliphatic heterocycles. The average Bonchev–Trinajstić information content (AvgIpc) is 2.48. The van der Waals surface area contributed by atoms with Gasteiger partial charge in [-0.25, -0.2) is 0 Å². The standard InChI is InChI=1S/C12H19NO/c1-9(14)13-12(2)7-6-10-4-3-5-11(10)8-12/h3,5,10-11H,4,6-8H2,1-2H3,(H,13,14)/t10-,11+,12-/m1/s1.